The maximum absolute atomic E-state index is 11.8. The standard InChI is InChI=1S/C13H14O6S/c1-9(14)8-20(18,19)11-4-2-10(3-5-11)12(15)6-7-13(16)17/h2-5H,6-8H2,1H3,(H,16,17). The molecule has 0 fully saturated rings. The van der Waals surface area contributed by atoms with Crippen LogP contribution in [-0.2, 0) is 19.4 Å². The van der Waals surface area contributed by atoms with Crippen LogP contribution in [0.2, 0.25) is 0 Å². The lowest BCUT2D eigenvalue weighted by atomic mass is 10.1. The van der Waals surface area contributed by atoms with Crippen molar-refractivity contribution in [3.63, 3.8) is 0 Å². The summed E-state index contributed by atoms with van der Waals surface area (Å²) in [5.41, 5.74) is 0.244. The average molecular weight is 298 g/mol. The summed E-state index contributed by atoms with van der Waals surface area (Å²) in [4.78, 5) is 32.8. The van der Waals surface area contributed by atoms with Gasteiger partial charge in [0.15, 0.2) is 15.6 Å². The maximum Gasteiger partial charge on any atom is 0.303 e. The Labute approximate surface area is 116 Å². The SMILES string of the molecule is CC(=O)CS(=O)(=O)c1ccc(C(=O)CCC(=O)O)cc1. The lowest BCUT2D eigenvalue weighted by Gasteiger charge is -2.04. The van der Waals surface area contributed by atoms with E-state index in [1.54, 1.807) is 0 Å². The summed E-state index contributed by atoms with van der Waals surface area (Å²) in [6.07, 6.45) is -0.419. The highest BCUT2D eigenvalue weighted by molar-refractivity contribution is 7.92. The first-order valence-corrected chi connectivity index (χ1v) is 7.45. The van der Waals surface area contributed by atoms with E-state index in [4.69, 9.17) is 5.11 Å². The van der Waals surface area contributed by atoms with Crippen LogP contribution in [0.15, 0.2) is 29.2 Å². The number of benzene rings is 1. The minimum atomic E-state index is -3.68. The molecule has 0 aliphatic rings. The van der Waals surface area contributed by atoms with Gasteiger partial charge in [0.1, 0.15) is 11.5 Å². The van der Waals surface area contributed by atoms with Gasteiger partial charge in [0.05, 0.1) is 11.3 Å². The van der Waals surface area contributed by atoms with Crippen LogP contribution in [0.5, 0.6) is 0 Å². The molecule has 0 unspecified atom stereocenters. The number of hydrogen-bond donors (Lipinski definition) is 1. The minimum absolute atomic E-state index is 0.0394. The summed E-state index contributed by atoms with van der Waals surface area (Å²) in [7, 11) is -3.68. The van der Waals surface area contributed by atoms with Crippen LogP contribution in [0.1, 0.15) is 30.1 Å². The van der Waals surface area contributed by atoms with Crippen LogP contribution in [0.3, 0.4) is 0 Å². The zero-order chi connectivity index (χ0) is 15.3. The van der Waals surface area contributed by atoms with Crippen LogP contribution >= 0.6 is 0 Å². The molecule has 0 saturated heterocycles. The van der Waals surface area contributed by atoms with E-state index in [0.717, 1.165) is 0 Å². The van der Waals surface area contributed by atoms with Gasteiger partial charge < -0.3 is 5.11 Å². The van der Waals surface area contributed by atoms with Gasteiger partial charge in [-0.15, -0.1) is 0 Å². The van der Waals surface area contributed by atoms with Crippen LogP contribution < -0.4 is 0 Å². The average Bonchev–Trinajstić information content (AvgIpc) is 2.34. The molecule has 0 saturated carbocycles. The minimum Gasteiger partial charge on any atom is -0.481 e. The van der Waals surface area contributed by atoms with E-state index >= 15 is 0 Å². The number of carbonyl (C=O) groups excluding carboxylic acids is 2. The predicted octanol–water partition coefficient (Wildman–Crippen LogP) is 1.10. The maximum atomic E-state index is 11.8. The summed E-state index contributed by atoms with van der Waals surface area (Å²) in [5.74, 6) is -2.49. The second-order valence-corrected chi connectivity index (χ2v) is 6.29. The van der Waals surface area contributed by atoms with E-state index in [9.17, 15) is 22.8 Å². The molecule has 0 atom stereocenters. The summed E-state index contributed by atoms with van der Waals surface area (Å²) >= 11 is 0. The molecule has 1 rings (SSSR count). The van der Waals surface area contributed by atoms with Gasteiger partial charge in [-0.3, -0.25) is 14.4 Å². The fourth-order valence-corrected chi connectivity index (χ4v) is 2.82. The first kappa shape index (κ1) is 16.0. The summed E-state index contributed by atoms with van der Waals surface area (Å²) in [5, 5.41) is 8.48. The molecule has 0 heterocycles. The van der Waals surface area contributed by atoms with Crippen molar-refractivity contribution < 1.29 is 27.9 Å². The third kappa shape index (κ3) is 4.58. The van der Waals surface area contributed by atoms with Crippen molar-refractivity contribution in [2.75, 3.05) is 5.75 Å². The number of carbonyl (C=O) groups is 3. The molecule has 0 aliphatic carbocycles. The third-order valence-electron chi connectivity index (χ3n) is 2.49. The number of carboxylic acid groups (broad SMARTS) is 1. The zero-order valence-corrected chi connectivity index (χ0v) is 11.6. The molecule has 1 N–H and O–H groups in total. The van der Waals surface area contributed by atoms with Crippen LogP contribution in [0.25, 0.3) is 0 Å². The summed E-state index contributed by atoms with van der Waals surface area (Å²) in [6.45, 7) is 1.18. The Morgan fingerprint density at radius 2 is 1.60 bits per heavy atom. The topological polar surface area (TPSA) is 106 Å². The summed E-state index contributed by atoms with van der Waals surface area (Å²) < 4.78 is 23.5. The number of sulfone groups is 1. The highest BCUT2D eigenvalue weighted by Gasteiger charge is 2.17. The molecule has 6 nitrogen and oxygen atoms in total. The smallest absolute Gasteiger partial charge is 0.303 e. The van der Waals surface area contributed by atoms with Crippen molar-refractivity contribution in [3.05, 3.63) is 29.8 Å². The molecule has 0 radical (unpaired) electrons. The molecule has 7 heteroatoms. The third-order valence-corrected chi connectivity index (χ3v) is 4.27. The van der Waals surface area contributed by atoms with Gasteiger partial charge in [0.25, 0.3) is 0 Å². The number of ketones is 2. The van der Waals surface area contributed by atoms with Crippen molar-refractivity contribution in [1.29, 1.82) is 0 Å². The second-order valence-electron chi connectivity index (χ2n) is 4.30. The monoisotopic (exact) mass is 298 g/mol. The Hall–Kier alpha value is -2.02. The van der Waals surface area contributed by atoms with E-state index in [0.29, 0.717) is 0 Å². The molecule has 0 bridgehead atoms. The van der Waals surface area contributed by atoms with Crippen molar-refractivity contribution in [3.8, 4) is 0 Å². The van der Waals surface area contributed by atoms with E-state index in [1.807, 2.05) is 0 Å². The van der Waals surface area contributed by atoms with Gasteiger partial charge in [0, 0.05) is 12.0 Å². The van der Waals surface area contributed by atoms with Crippen molar-refractivity contribution in [2.45, 2.75) is 24.7 Å². The van der Waals surface area contributed by atoms with Gasteiger partial charge in [-0.25, -0.2) is 8.42 Å². The van der Waals surface area contributed by atoms with Gasteiger partial charge >= 0.3 is 5.97 Å². The highest BCUT2D eigenvalue weighted by atomic mass is 32.2. The predicted molar refractivity (Wildman–Crippen MR) is 70.4 cm³/mol. The molecule has 20 heavy (non-hydrogen) atoms. The van der Waals surface area contributed by atoms with Crippen LogP contribution in [0.4, 0.5) is 0 Å². The fourth-order valence-electron chi connectivity index (χ4n) is 1.56. The van der Waals surface area contributed by atoms with Gasteiger partial charge in [-0.05, 0) is 19.1 Å². The first-order chi connectivity index (χ1) is 9.22. The lowest BCUT2D eigenvalue weighted by Crippen LogP contribution is -2.13. The molecule has 0 amide bonds. The number of aliphatic carboxylic acids is 1. The Morgan fingerprint density at radius 3 is 2.05 bits per heavy atom. The van der Waals surface area contributed by atoms with Crippen molar-refractivity contribution in [1.82, 2.24) is 0 Å². The van der Waals surface area contributed by atoms with E-state index in [-0.39, 0.29) is 29.1 Å². The Balaban J connectivity index is 2.86. The molecular weight excluding hydrogens is 284 g/mol. The largest absolute Gasteiger partial charge is 0.481 e. The van der Waals surface area contributed by atoms with Crippen LogP contribution in [-0.4, -0.2) is 36.8 Å². The van der Waals surface area contributed by atoms with E-state index < -0.39 is 27.3 Å². The Bertz CT molecular complexity index is 627. The number of rotatable bonds is 7. The van der Waals surface area contributed by atoms with Gasteiger partial charge in [0.2, 0.25) is 0 Å². The molecule has 0 aromatic heterocycles. The first-order valence-electron chi connectivity index (χ1n) is 5.79. The number of carboxylic acids is 1. The van der Waals surface area contributed by atoms with Gasteiger partial charge in [-0.2, -0.15) is 0 Å². The molecule has 0 spiro atoms. The van der Waals surface area contributed by atoms with Crippen LogP contribution in [0, 0.1) is 0 Å². The quantitative estimate of drug-likeness (QED) is 0.755. The Kier molecular flexibility index (Phi) is 5.15. The van der Waals surface area contributed by atoms with Crippen molar-refractivity contribution >= 4 is 27.4 Å². The number of hydrogen-bond acceptors (Lipinski definition) is 5. The summed E-state index contributed by atoms with van der Waals surface area (Å²) in [6, 6.07) is 5.12. The van der Waals surface area contributed by atoms with Crippen molar-refractivity contribution in [2.24, 2.45) is 0 Å². The zero-order valence-electron chi connectivity index (χ0n) is 10.8. The molecule has 0 aliphatic heterocycles. The van der Waals surface area contributed by atoms with Gasteiger partial charge in [-0.1, -0.05) is 12.1 Å². The molecule has 108 valence electrons. The molecule has 1 aromatic rings. The molecular formula is C13H14O6S. The highest BCUT2D eigenvalue weighted by Crippen LogP contribution is 2.14. The number of Topliss-reactive ketones (excluding diaryl/α,β-unsaturated/α-hetero) is 2. The fraction of sp³-hybridized carbons (Fsp3) is 0.308. The van der Waals surface area contributed by atoms with E-state index in [2.05, 4.69) is 0 Å². The molecule has 1 aromatic carbocycles. The normalized spacial score (nSPS) is 11.1. The second kappa shape index (κ2) is 6.42. The lowest BCUT2D eigenvalue weighted by molar-refractivity contribution is -0.137. The van der Waals surface area contributed by atoms with E-state index in [1.165, 1.54) is 31.2 Å². The Morgan fingerprint density at radius 1 is 1.05 bits per heavy atom.